The summed E-state index contributed by atoms with van der Waals surface area (Å²) < 4.78 is 10.6. The molecule has 0 spiro atoms. The molecule has 0 radical (unpaired) electrons. The predicted molar refractivity (Wildman–Crippen MR) is 120 cm³/mol. The van der Waals surface area contributed by atoms with E-state index in [9.17, 15) is 0 Å². The molecule has 0 bridgehead atoms. The Morgan fingerprint density at radius 3 is 2.40 bits per heavy atom. The van der Waals surface area contributed by atoms with Gasteiger partial charge in [-0.15, -0.1) is 0 Å². The smallest absolute Gasteiger partial charge is 0.157 e. The molecule has 3 N–H and O–H groups in total. The van der Waals surface area contributed by atoms with Gasteiger partial charge in [-0.1, -0.05) is 0 Å². The molecule has 9 nitrogen and oxygen atoms in total. The van der Waals surface area contributed by atoms with Gasteiger partial charge in [0.1, 0.15) is 17.8 Å². The van der Waals surface area contributed by atoms with Crippen LogP contribution in [0.3, 0.4) is 0 Å². The predicted octanol–water partition coefficient (Wildman–Crippen LogP) is 1.14. The van der Waals surface area contributed by atoms with E-state index in [2.05, 4.69) is 42.1 Å². The second-order valence-corrected chi connectivity index (χ2v) is 7.51. The van der Waals surface area contributed by atoms with E-state index < -0.39 is 0 Å². The first-order valence-electron chi connectivity index (χ1n) is 10.5. The number of nitrogen functional groups attached to an aromatic ring is 1. The Labute approximate surface area is 177 Å². The Morgan fingerprint density at radius 1 is 1.00 bits per heavy atom. The normalized spacial score (nSPS) is 17.8. The van der Waals surface area contributed by atoms with Crippen LogP contribution in [0.2, 0.25) is 0 Å². The Kier molecular flexibility index (Phi) is 6.70. The van der Waals surface area contributed by atoms with Crippen LogP contribution < -0.4 is 25.6 Å². The Balaban J connectivity index is 1.32. The summed E-state index contributed by atoms with van der Waals surface area (Å²) in [6.45, 7) is 8.86. The molecule has 2 saturated heterocycles. The molecule has 1 aromatic carbocycles. The first-order valence-corrected chi connectivity index (χ1v) is 10.5. The third-order valence-corrected chi connectivity index (χ3v) is 5.70. The molecule has 2 aliphatic rings. The highest BCUT2D eigenvalue weighted by molar-refractivity contribution is 5.75. The van der Waals surface area contributed by atoms with E-state index in [0.29, 0.717) is 11.5 Å². The van der Waals surface area contributed by atoms with Gasteiger partial charge in [0.2, 0.25) is 0 Å². The Hall–Kier alpha value is -2.78. The standard InChI is InChI=1S/C21H31N7O2/c1-29-18-4-2-17(3-5-18)27-8-10-28(11-9-27)21-19(22)20(24-16-25-21)23-6-7-26-12-14-30-15-13-26/h2-5,16H,6-15,22H2,1H3,(H,23,24,25). The minimum Gasteiger partial charge on any atom is -0.497 e. The van der Waals surface area contributed by atoms with Gasteiger partial charge in [0.05, 0.1) is 20.3 Å². The van der Waals surface area contributed by atoms with Crippen LogP contribution in [0.4, 0.5) is 23.0 Å². The fourth-order valence-electron chi connectivity index (χ4n) is 3.91. The third kappa shape index (κ3) is 4.85. The fraction of sp³-hybridized carbons (Fsp3) is 0.524. The SMILES string of the molecule is COc1ccc(N2CCN(c3ncnc(NCCN4CCOCC4)c3N)CC2)cc1. The average Bonchev–Trinajstić information content (AvgIpc) is 2.81. The Bertz CT molecular complexity index is 804. The molecule has 2 fully saturated rings. The highest BCUT2D eigenvalue weighted by Crippen LogP contribution is 2.28. The number of nitrogens with two attached hydrogens (primary N) is 1. The number of rotatable bonds is 7. The summed E-state index contributed by atoms with van der Waals surface area (Å²) in [6.07, 6.45) is 1.60. The number of nitrogens with one attached hydrogen (secondary N) is 1. The van der Waals surface area contributed by atoms with Gasteiger partial charge in [-0.3, -0.25) is 4.90 Å². The lowest BCUT2D eigenvalue weighted by atomic mass is 10.2. The van der Waals surface area contributed by atoms with Crippen molar-refractivity contribution in [1.82, 2.24) is 14.9 Å². The zero-order chi connectivity index (χ0) is 20.8. The van der Waals surface area contributed by atoms with Crippen LogP contribution in [0.1, 0.15) is 0 Å². The summed E-state index contributed by atoms with van der Waals surface area (Å²) in [7, 11) is 1.69. The lowest BCUT2D eigenvalue weighted by Crippen LogP contribution is -2.47. The van der Waals surface area contributed by atoms with Crippen LogP contribution in [0, 0.1) is 0 Å². The van der Waals surface area contributed by atoms with Crippen molar-refractivity contribution >= 4 is 23.0 Å². The number of benzene rings is 1. The summed E-state index contributed by atoms with van der Waals surface area (Å²) in [6, 6.07) is 8.20. The molecule has 1 aromatic heterocycles. The van der Waals surface area contributed by atoms with Crippen LogP contribution in [-0.2, 0) is 4.74 Å². The van der Waals surface area contributed by atoms with Gasteiger partial charge < -0.3 is 30.3 Å². The van der Waals surface area contributed by atoms with Crippen LogP contribution in [0.15, 0.2) is 30.6 Å². The first kappa shape index (κ1) is 20.5. The maximum Gasteiger partial charge on any atom is 0.157 e. The van der Waals surface area contributed by atoms with Gasteiger partial charge in [-0.05, 0) is 24.3 Å². The van der Waals surface area contributed by atoms with Gasteiger partial charge >= 0.3 is 0 Å². The maximum atomic E-state index is 6.42. The number of morpholine rings is 1. The van der Waals surface area contributed by atoms with E-state index in [4.69, 9.17) is 15.2 Å². The second kappa shape index (κ2) is 9.82. The van der Waals surface area contributed by atoms with Crippen LogP contribution >= 0.6 is 0 Å². The van der Waals surface area contributed by atoms with Crippen LogP contribution in [-0.4, -0.2) is 87.5 Å². The quantitative estimate of drug-likeness (QED) is 0.693. The van der Waals surface area contributed by atoms with Crippen molar-refractivity contribution in [1.29, 1.82) is 0 Å². The molecule has 0 unspecified atom stereocenters. The van der Waals surface area contributed by atoms with Crippen molar-refractivity contribution in [2.45, 2.75) is 0 Å². The van der Waals surface area contributed by atoms with Crippen LogP contribution in [0.5, 0.6) is 5.75 Å². The molecule has 2 aliphatic heterocycles. The largest absolute Gasteiger partial charge is 0.497 e. The number of nitrogens with zero attached hydrogens (tertiary/aromatic N) is 5. The number of aromatic nitrogens is 2. The minimum atomic E-state index is 0.623. The Morgan fingerprint density at radius 2 is 1.70 bits per heavy atom. The van der Waals surface area contributed by atoms with Crippen LogP contribution in [0.25, 0.3) is 0 Å². The zero-order valence-electron chi connectivity index (χ0n) is 17.6. The molecule has 9 heteroatoms. The topological polar surface area (TPSA) is 92.0 Å². The summed E-state index contributed by atoms with van der Waals surface area (Å²) in [4.78, 5) is 15.8. The molecule has 3 heterocycles. The van der Waals surface area contributed by atoms with E-state index in [1.54, 1.807) is 13.4 Å². The van der Waals surface area contributed by atoms with Crippen molar-refractivity contribution in [2.24, 2.45) is 0 Å². The van der Waals surface area contributed by atoms with Gasteiger partial charge in [-0.25, -0.2) is 9.97 Å². The number of ether oxygens (including phenoxy) is 2. The van der Waals surface area contributed by atoms with E-state index in [1.807, 2.05) is 12.1 Å². The number of methoxy groups -OCH3 is 1. The van der Waals surface area contributed by atoms with E-state index in [-0.39, 0.29) is 0 Å². The van der Waals surface area contributed by atoms with Gasteiger partial charge in [0.15, 0.2) is 11.6 Å². The molecule has 162 valence electrons. The molecule has 0 amide bonds. The summed E-state index contributed by atoms with van der Waals surface area (Å²) in [5.74, 6) is 2.40. The molecule has 0 aliphatic carbocycles. The molecule has 0 atom stereocenters. The van der Waals surface area contributed by atoms with E-state index in [1.165, 1.54) is 5.69 Å². The minimum absolute atomic E-state index is 0.623. The van der Waals surface area contributed by atoms with Crippen molar-refractivity contribution in [3.05, 3.63) is 30.6 Å². The van der Waals surface area contributed by atoms with E-state index >= 15 is 0 Å². The van der Waals surface area contributed by atoms with Crippen molar-refractivity contribution in [3.63, 3.8) is 0 Å². The molecule has 30 heavy (non-hydrogen) atoms. The summed E-state index contributed by atoms with van der Waals surface area (Å²) in [5, 5.41) is 3.38. The number of anilines is 4. The summed E-state index contributed by atoms with van der Waals surface area (Å²) in [5.41, 5.74) is 8.25. The molecular formula is C21H31N7O2. The molecule has 2 aromatic rings. The zero-order valence-corrected chi connectivity index (χ0v) is 17.6. The molecule has 0 saturated carbocycles. The van der Waals surface area contributed by atoms with Crippen molar-refractivity contribution in [2.75, 3.05) is 93.5 Å². The van der Waals surface area contributed by atoms with Gasteiger partial charge in [-0.2, -0.15) is 0 Å². The fourth-order valence-corrected chi connectivity index (χ4v) is 3.91. The second-order valence-electron chi connectivity index (χ2n) is 7.51. The maximum absolute atomic E-state index is 6.42. The average molecular weight is 414 g/mol. The molecule has 4 rings (SSSR count). The summed E-state index contributed by atoms with van der Waals surface area (Å²) >= 11 is 0. The van der Waals surface area contributed by atoms with Gasteiger partial charge in [0, 0.05) is 58.0 Å². The lowest BCUT2D eigenvalue weighted by Gasteiger charge is -2.37. The lowest BCUT2D eigenvalue weighted by molar-refractivity contribution is 0.0398. The monoisotopic (exact) mass is 413 g/mol. The number of hydrogen-bond donors (Lipinski definition) is 2. The number of hydrogen-bond acceptors (Lipinski definition) is 9. The first-order chi connectivity index (χ1) is 14.7. The van der Waals surface area contributed by atoms with Crippen molar-refractivity contribution in [3.8, 4) is 5.75 Å². The highest BCUT2D eigenvalue weighted by Gasteiger charge is 2.21. The number of piperazine rings is 1. The molecular weight excluding hydrogens is 382 g/mol. The highest BCUT2D eigenvalue weighted by atomic mass is 16.5. The van der Waals surface area contributed by atoms with E-state index in [0.717, 1.165) is 77.1 Å². The van der Waals surface area contributed by atoms with Gasteiger partial charge in [0.25, 0.3) is 0 Å². The van der Waals surface area contributed by atoms with Crippen molar-refractivity contribution < 1.29 is 9.47 Å². The third-order valence-electron chi connectivity index (χ3n) is 5.70.